The van der Waals surface area contributed by atoms with Gasteiger partial charge in [0.15, 0.2) is 0 Å². The molecule has 166 valence electrons. The number of nitrogens with one attached hydrogen (secondary N) is 2. The van der Waals surface area contributed by atoms with Gasteiger partial charge in [-0.2, -0.15) is 0 Å². The summed E-state index contributed by atoms with van der Waals surface area (Å²) in [5.41, 5.74) is 11.4. The summed E-state index contributed by atoms with van der Waals surface area (Å²) in [6.07, 6.45) is 3.54. The van der Waals surface area contributed by atoms with E-state index in [0.717, 1.165) is 40.5 Å². The molecule has 2 aromatic carbocycles. The molecule has 0 aromatic heterocycles. The Kier molecular flexibility index (Phi) is 9.83. The molecule has 4 N–H and O–H groups in total. The molecule has 4 nitrogen and oxygen atoms in total. The van der Waals surface area contributed by atoms with Gasteiger partial charge in [-0.05, 0) is 45.4 Å². The SMILES string of the molecule is C=C(NC1=NC(c2ccccc2Cl)NC(C)=C1C)c1ccccc1C.CCCCCN. The number of rotatable bonds is 6. The molecule has 0 amide bonds. The second kappa shape index (κ2) is 12.3. The van der Waals surface area contributed by atoms with Crippen molar-refractivity contribution in [1.29, 1.82) is 0 Å². The number of hydrogen-bond donors (Lipinski definition) is 3. The lowest BCUT2D eigenvalue weighted by Crippen LogP contribution is -2.33. The molecular weight excluding hydrogens is 404 g/mol. The first kappa shape index (κ1) is 24.7. The normalized spacial score (nSPS) is 15.4. The van der Waals surface area contributed by atoms with Gasteiger partial charge in [-0.1, -0.05) is 80.4 Å². The molecule has 1 aliphatic rings. The Labute approximate surface area is 192 Å². The van der Waals surface area contributed by atoms with Crippen molar-refractivity contribution in [2.45, 2.75) is 53.1 Å². The van der Waals surface area contributed by atoms with Gasteiger partial charge in [0.2, 0.25) is 0 Å². The highest BCUT2D eigenvalue weighted by Gasteiger charge is 2.21. The van der Waals surface area contributed by atoms with E-state index in [9.17, 15) is 0 Å². The second-order valence-corrected chi connectivity index (χ2v) is 8.12. The van der Waals surface area contributed by atoms with Crippen molar-refractivity contribution in [1.82, 2.24) is 10.6 Å². The third kappa shape index (κ3) is 6.98. The van der Waals surface area contributed by atoms with Crippen LogP contribution in [0.15, 0.2) is 71.4 Å². The van der Waals surface area contributed by atoms with Gasteiger partial charge in [0.25, 0.3) is 0 Å². The van der Waals surface area contributed by atoms with Crippen LogP contribution in [0.1, 0.15) is 62.9 Å². The van der Waals surface area contributed by atoms with Crippen LogP contribution in [0.4, 0.5) is 0 Å². The highest BCUT2D eigenvalue weighted by molar-refractivity contribution is 6.31. The number of nitrogens with zero attached hydrogens (tertiary/aromatic N) is 1. The van der Waals surface area contributed by atoms with E-state index in [1.165, 1.54) is 24.8 Å². The van der Waals surface area contributed by atoms with E-state index in [4.69, 9.17) is 22.3 Å². The molecule has 0 bridgehead atoms. The van der Waals surface area contributed by atoms with Gasteiger partial charge in [-0.25, -0.2) is 4.99 Å². The van der Waals surface area contributed by atoms with Crippen LogP contribution in [-0.4, -0.2) is 12.4 Å². The predicted molar refractivity (Wildman–Crippen MR) is 135 cm³/mol. The molecule has 1 heterocycles. The topological polar surface area (TPSA) is 62.4 Å². The number of hydrogen-bond acceptors (Lipinski definition) is 4. The summed E-state index contributed by atoms with van der Waals surface area (Å²) in [7, 11) is 0. The van der Waals surface area contributed by atoms with Crippen molar-refractivity contribution in [3.63, 3.8) is 0 Å². The molecule has 0 saturated heterocycles. The van der Waals surface area contributed by atoms with Gasteiger partial charge in [0.1, 0.15) is 12.0 Å². The van der Waals surface area contributed by atoms with Gasteiger partial charge in [-0.15, -0.1) is 0 Å². The molecule has 1 atom stereocenters. The molecule has 0 fully saturated rings. The fourth-order valence-corrected chi connectivity index (χ4v) is 3.47. The van der Waals surface area contributed by atoms with Crippen LogP contribution in [0.2, 0.25) is 5.02 Å². The Morgan fingerprint density at radius 1 is 1.10 bits per heavy atom. The van der Waals surface area contributed by atoms with Crippen molar-refractivity contribution >= 4 is 23.1 Å². The van der Waals surface area contributed by atoms with Gasteiger partial charge in [-0.3, -0.25) is 0 Å². The lowest BCUT2D eigenvalue weighted by Gasteiger charge is -2.27. The molecular formula is C26H35ClN4. The standard InChI is InChI=1S/C21H22ClN3.C5H13N/c1-13-9-5-6-10-17(13)16(4)24-20-14(2)15(3)23-21(25-20)18-11-7-8-12-19(18)22;1-2-3-4-5-6/h5-12,21,23H,4H2,1-3H3,(H,24,25);2-6H2,1H3. The number of benzene rings is 2. The molecule has 2 aromatic rings. The summed E-state index contributed by atoms with van der Waals surface area (Å²) < 4.78 is 0. The lowest BCUT2D eigenvalue weighted by molar-refractivity contribution is 0.610. The summed E-state index contributed by atoms with van der Waals surface area (Å²) in [4.78, 5) is 4.83. The van der Waals surface area contributed by atoms with E-state index >= 15 is 0 Å². The average molecular weight is 439 g/mol. The number of allylic oxidation sites excluding steroid dienone is 1. The first-order valence-electron chi connectivity index (χ1n) is 10.9. The van der Waals surface area contributed by atoms with E-state index < -0.39 is 0 Å². The van der Waals surface area contributed by atoms with E-state index in [0.29, 0.717) is 5.02 Å². The van der Waals surface area contributed by atoms with Crippen LogP contribution in [-0.2, 0) is 0 Å². The third-order valence-electron chi connectivity index (χ3n) is 5.28. The van der Waals surface area contributed by atoms with Gasteiger partial charge in [0.05, 0.1) is 0 Å². The molecule has 1 unspecified atom stereocenters. The Morgan fingerprint density at radius 3 is 2.39 bits per heavy atom. The molecule has 1 aliphatic heterocycles. The summed E-state index contributed by atoms with van der Waals surface area (Å²) in [6.45, 7) is 13.4. The highest BCUT2D eigenvalue weighted by Crippen LogP contribution is 2.28. The lowest BCUT2D eigenvalue weighted by atomic mass is 10.1. The molecule has 5 heteroatoms. The zero-order chi connectivity index (χ0) is 22.8. The van der Waals surface area contributed by atoms with E-state index in [2.05, 4.69) is 43.2 Å². The van der Waals surface area contributed by atoms with Crippen molar-refractivity contribution in [3.05, 3.63) is 88.1 Å². The smallest absolute Gasteiger partial charge is 0.148 e. The highest BCUT2D eigenvalue weighted by atomic mass is 35.5. The molecule has 0 radical (unpaired) electrons. The second-order valence-electron chi connectivity index (χ2n) is 7.71. The fraction of sp³-hybridized carbons (Fsp3) is 0.346. The van der Waals surface area contributed by atoms with Crippen molar-refractivity contribution < 1.29 is 0 Å². The largest absolute Gasteiger partial charge is 0.363 e. The van der Waals surface area contributed by atoms with Crippen LogP contribution < -0.4 is 16.4 Å². The molecule has 0 spiro atoms. The maximum absolute atomic E-state index is 6.35. The van der Waals surface area contributed by atoms with Gasteiger partial charge < -0.3 is 16.4 Å². The number of nitrogens with two attached hydrogens (primary N) is 1. The van der Waals surface area contributed by atoms with E-state index in [1.807, 2.05) is 50.2 Å². The molecule has 3 rings (SSSR count). The van der Waals surface area contributed by atoms with Gasteiger partial charge in [0, 0.05) is 33.1 Å². The quantitative estimate of drug-likeness (QED) is 0.461. The number of aliphatic imine (C=N–C) groups is 1. The Hall–Kier alpha value is -2.56. The van der Waals surface area contributed by atoms with Crippen LogP contribution in [0.25, 0.3) is 5.70 Å². The molecule has 0 saturated carbocycles. The maximum atomic E-state index is 6.35. The van der Waals surface area contributed by atoms with E-state index in [1.54, 1.807) is 0 Å². The predicted octanol–water partition coefficient (Wildman–Crippen LogP) is 6.34. The maximum Gasteiger partial charge on any atom is 0.148 e. The van der Waals surface area contributed by atoms with Crippen LogP contribution >= 0.6 is 11.6 Å². The summed E-state index contributed by atoms with van der Waals surface area (Å²) in [5.74, 6) is 0.814. The number of aryl methyl sites for hydroxylation is 1. The average Bonchev–Trinajstić information content (AvgIpc) is 2.76. The first-order chi connectivity index (χ1) is 14.9. The third-order valence-corrected chi connectivity index (χ3v) is 5.62. The van der Waals surface area contributed by atoms with Crippen molar-refractivity contribution in [3.8, 4) is 0 Å². The fourth-order valence-electron chi connectivity index (χ4n) is 3.24. The molecule has 0 aliphatic carbocycles. The van der Waals surface area contributed by atoms with Crippen molar-refractivity contribution in [2.75, 3.05) is 6.54 Å². The summed E-state index contributed by atoms with van der Waals surface area (Å²) in [5, 5.41) is 7.51. The zero-order valence-corrected chi connectivity index (χ0v) is 19.9. The first-order valence-corrected chi connectivity index (χ1v) is 11.2. The van der Waals surface area contributed by atoms with Crippen LogP contribution in [0, 0.1) is 6.92 Å². The Morgan fingerprint density at radius 2 is 1.77 bits per heavy atom. The number of halogens is 1. The monoisotopic (exact) mass is 438 g/mol. The van der Waals surface area contributed by atoms with E-state index in [-0.39, 0.29) is 6.17 Å². The van der Waals surface area contributed by atoms with Crippen LogP contribution in [0.5, 0.6) is 0 Å². The van der Waals surface area contributed by atoms with Gasteiger partial charge >= 0.3 is 0 Å². The summed E-state index contributed by atoms with van der Waals surface area (Å²) >= 11 is 6.35. The Balaban J connectivity index is 0.000000501. The Bertz CT molecular complexity index is 942. The number of unbranched alkanes of at least 4 members (excludes halogenated alkanes) is 2. The van der Waals surface area contributed by atoms with Crippen LogP contribution in [0.3, 0.4) is 0 Å². The minimum absolute atomic E-state index is 0.218. The number of amidine groups is 1. The minimum atomic E-state index is -0.218. The minimum Gasteiger partial charge on any atom is -0.363 e. The van der Waals surface area contributed by atoms with Crippen molar-refractivity contribution in [2.24, 2.45) is 10.7 Å². The molecule has 31 heavy (non-hydrogen) atoms. The zero-order valence-electron chi connectivity index (χ0n) is 19.1. The summed E-state index contributed by atoms with van der Waals surface area (Å²) in [6, 6.07) is 15.9.